The summed E-state index contributed by atoms with van der Waals surface area (Å²) in [7, 11) is -2.06. The molecule has 3 aliphatic heterocycles. The Bertz CT molecular complexity index is 1700. The molecule has 292 valence electrons. The molecule has 1 saturated carbocycles. The van der Waals surface area contributed by atoms with Gasteiger partial charge in [0.25, 0.3) is 5.91 Å². The number of aryl methyl sites for hydroxylation is 1. The molecule has 2 saturated heterocycles. The number of hydrogen-bond acceptors (Lipinski definition) is 9. The van der Waals surface area contributed by atoms with E-state index in [4.69, 9.17) is 25.8 Å². The molecular weight excluding hydrogens is 712 g/mol. The van der Waals surface area contributed by atoms with Crippen LogP contribution in [0.15, 0.2) is 49.1 Å². The molecular formula is C41H59ClN4O6S. The highest BCUT2D eigenvalue weighted by Crippen LogP contribution is 2.46. The Labute approximate surface area is 322 Å². The molecule has 53 heavy (non-hydrogen) atoms. The number of morpholine rings is 1. The maximum atomic E-state index is 13.6. The molecule has 12 heteroatoms. The van der Waals surface area contributed by atoms with E-state index in [1.807, 2.05) is 44.4 Å². The fourth-order valence-electron chi connectivity index (χ4n) is 8.62. The Morgan fingerprint density at radius 3 is 2.57 bits per heavy atom. The van der Waals surface area contributed by atoms with Crippen LogP contribution in [0.3, 0.4) is 0 Å². The number of halogens is 1. The molecule has 0 unspecified atom stereocenters. The molecule has 3 fully saturated rings. The van der Waals surface area contributed by atoms with Crippen molar-refractivity contribution in [3.63, 3.8) is 0 Å². The number of anilines is 1. The van der Waals surface area contributed by atoms with E-state index >= 15 is 0 Å². The number of carbonyl (C=O) groups is 1. The second-order valence-electron chi connectivity index (χ2n) is 15.9. The number of hydrogen-bond donors (Lipinski definition) is 1. The smallest absolute Gasteiger partial charge is 0.264 e. The summed E-state index contributed by atoms with van der Waals surface area (Å²) in [6.45, 7) is 18.1. The second kappa shape index (κ2) is 17.4. The van der Waals surface area contributed by atoms with Crippen LogP contribution in [0.2, 0.25) is 5.02 Å². The van der Waals surface area contributed by atoms with Crippen molar-refractivity contribution in [3.8, 4) is 5.75 Å². The summed E-state index contributed by atoms with van der Waals surface area (Å²) in [6, 6.07) is 11.8. The van der Waals surface area contributed by atoms with Gasteiger partial charge in [-0.3, -0.25) is 14.6 Å². The fraction of sp³-hybridized carbons (Fsp3) is 0.634. The van der Waals surface area contributed by atoms with Gasteiger partial charge >= 0.3 is 0 Å². The van der Waals surface area contributed by atoms with Gasteiger partial charge in [0.05, 0.1) is 29.8 Å². The Balaban J connectivity index is 1.22. The van der Waals surface area contributed by atoms with Gasteiger partial charge in [0.15, 0.2) is 0 Å². The number of benzene rings is 2. The largest absolute Gasteiger partial charge is 0.487 e. The van der Waals surface area contributed by atoms with Crippen molar-refractivity contribution >= 4 is 33.2 Å². The van der Waals surface area contributed by atoms with Gasteiger partial charge in [0.1, 0.15) is 12.4 Å². The lowest BCUT2D eigenvalue weighted by Crippen LogP contribution is -2.65. The van der Waals surface area contributed by atoms with Crippen LogP contribution in [0.1, 0.15) is 74.4 Å². The van der Waals surface area contributed by atoms with E-state index in [0.717, 1.165) is 102 Å². The molecule has 2 aromatic carbocycles. The third-order valence-corrected chi connectivity index (χ3v) is 14.6. The van der Waals surface area contributed by atoms with Gasteiger partial charge in [-0.15, -0.1) is 6.58 Å². The highest BCUT2D eigenvalue weighted by molar-refractivity contribution is 7.90. The third kappa shape index (κ3) is 9.42. The summed E-state index contributed by atoms with van der Waals surface area (Å²) < 4.78 is 47.4. The summed E-state index contributed by atoms with van der Waals surface area (Å²) in [4.78, 5) is 21.1. The van der Waals surface area contributed by atoms with E-state index in [2.05, 4.69) is 32.9 Å². The molecule has 0 spiro atoms. The van der Waals surface area contributed by atoms with Crippen LogP contribution in [-0.2, 0) is 32.5 Å². The van der Waals surface area contributed by atoms with Crippen LogP contribution in [-0.4, -0.2) is 107 Å². The van der Waals surface area contributed by atoms with Crippen LogP contribution in [0, 0.1) is 17.8 Å². The first-order chi connectivity index (χ1) is 25.4. The molecule has 0 aromatic heterocycles. The molecule has 5 atom stereocenters. The Morgan fingerprint density at radius 1 is 1.09 bits per heavy atom. The summed E-state index contributed by atoms with van der Waals surface area (Å²) in [5.41, 5.74) is 3.07. The van der Waals surface area contributed by atoms with E-state index in [0.29, 0.717) is 41.7 Å². The zero-order valence-electron chi connectivity index (χ0n) is 32.0. The van der Waals surface area contributed by atoms with E-state index in [-0.39, 0.29) is 17.1 Å². The predicted octanol–water partition coefficient (Wildman–Crippen LogP) is 6.17. The van der Waals surface area contributed by atoms with Gasteiger partial charge in [0, 0.05) is 69.6 Å². The van der Waals surface area contributed by atoms with Crippen molar-refractivity contribution in [2.45, 2.75) is 82.8 Å². The van der Waals surface area contributed by atoms with E-state index in [1.54, 1.807) is 19.1 Å². The van der Waals surface area contributed by atoms with Gasteiger partial charge in [0.2, 0.25) is 10.0 Å². The number of nitrogens with zero attached hydrogens (tertiary/aromatic N) is 3. The van der Waals surface area contributed by atoms with Crippen LogP contribution >= 0.6 is 11.6 Å². The number of nitrogens with one attached hydrogen (secondary N) is 1. The number of carbonyl (C=O) groups excluding carboxylic acids is 1. The number of ether oxygens (including phenoxy) is 3. The number of likely N-dealkylation sites (tertiary alicyclic amines) is 1. The fourth-order valence-corrected chi connectivity index (χ4v) is 10.1. The molecule has 6 rings (SSSR count). The molecule has 4 aliphatic rings. The summed E-state index contributed by atoms with van der Waals surface area (Å²) in [6.07, 6.45) is 7.24. The zero-order valence-corrected chi connectivity index (χ0v) is 33.6. The first kappa shape index (κ1) is 40.0. The topological polar surface area (TPSA) is 101 Å². The minimum Gasteiger partial charge on any atom is -0.487 e. The minimum atomic E-state index is -3.92. The summed E-state index contributed by atoms with van der Waals surface area (Å²) in [5, 5.41) is -0.0445. The van der Waals surface area contributed by atoms with Gasteiger partial charge in [-0.2, -0.15) is 0 Å². The molecule has 1 N–H and O–H groups in total. The standard InChI is InChI=1S/C41H59ClN4O6S/c1-6-9-29(2)30(3)53(48,49)43-40(47)32-13-16-39-38(23-32)46(17-8-7-10-31-22-35(42)14-11-34(31)27-52-39)24-33-12-15-37(33)41(4,50-5)28-44-25-36(26-44)45-18-20-51-21-19-45/h6,11,13-14,16,22-23,29-30,33,36-37H,1,7-10,12,15,17-21,24-28H2,2-5H3,(H,43,47)/t29-,30+,33-,37+,41+/m0/s1. The molecule has 0 radical (unpaired) electrons. The van der Waals surface area contributed by atoms with Crippen LogP contribution in [0.25, 0.3) is 0 Å². The molecule has 3 heterocycles. The van der Waals surface area contributed by atoms with Crippen molar-refractivity contribution in [1.29, 1.82) is 0 Å². The predicted molar refractivity (Wildman–Crippen MR) is 211 cm³/mol. The van der Waals surface area contributed by atoms with Gasteiger partial charge in [-0.05, 0) is 112 Å². The lowest BCUT2D eigenvalue weighted by atomic mass is 9.64. The number of amides is 1. The van der Waals surface area contributed by atoms with Crippen molar-refractivity contribution < 1.29 is 27.4 Å². The highest BCUT2D eigenvalue weighted by atomic mass is 35.5. The monoisotopic (exact) mass is 770 g/mol. The number of rotatable bonds is 13. The number of sulfonamides is 1. The van der Waals surface area contributed by atoms with E-state index in [1.165, 1.54) is 5.56 Å². The van der Waals surface area contributed by atoms with Gasteiger partial charge < -0.3 is 19.1 Å². The Morgan fingerprint density at radius 2 is 1.87 bits per heavy atom. The van der Waals surface area contributed by atoms with E-state index in [9.17, 15) is 13.2 Å². The quantitative estimate of drug-likeness (QED) is 0.240. The summed E-state index contributed by atoms with van der Waals surface area (Å²) in [5.74, 6) is 0.598. The third-order valence-electron chi connectivity index (χ3n) is 12.5. The first-order valence-electron chi connectivity index (χ1n) is 19.5. The maximum absolute atomic E-state index is 13.6. The van der Waals surface area contributed by atoms with Crippen LogP contribution in [0.4, 0.5) is 5.69 Å². The van der Waals surface area contributed by atoms with Crippen molar-refractivity contribution in [3.05, 3.63) is 70.8 Å². The average molecular weight is 771 g/mol. The molecule has 0 bridgehead atoms. The first-order valence-corrected chi connectivity index (χ1v) is 21.4. The highest BCUT2D eigenvalue weighted by Gasteiger charge is 2.48. The van der Waals surface area contributed by atoms with Crippen LogP contribution in [0.5, 0.6) is 5.75 Å². The molecule has 10 nitrogen and oxygen atoms in total. The number of methoxy groups -OCH3 is 1. The van der Waals surface area contributed by atoms with E-state index < -0.39 is 21.2 Å². The van der Waals surface area contributed by atoms with Gasteiger partial charge in [-0.25, -0.2) is 13.1 Å². The van der Waals surface area contributed by atoms with Gasteiger partial charge in [-0.1, -0.05) is 30.7 Å². The SMILES string of the molecule is C=CC[C@H](C)[C@@H](C)S(=O)(=O)NC(=O)c1ccc2c(c1)N(C[C@@H]1CC[C@H]1[C@@](C)(CN1CC(N3CCOCC3)C1)OC)CCCCc1cc(Cl)ccc1CO2. The maximum Gasteiger partial charge on any atom is 0.264 e. The molecule has 1 amide bonds. The van der Waals surface area contributed by atoms with Crippen LogP contribution < -0.4 is 14.4 Å². The normalized spacial score (nSPS) is 24.1. The Hall–Kier alpha value is -2.67. The average Bonchev–Trinajstić information content (AvgIpc) is 3.14. The van der Waals surface area contributed by atoms with Crippen molar-refractivity contribution in [2.24, 2.45) is 17.8 Å². The number of fused-ring (bicyclic) bond motifs is 2. The molecule has 1 aliphatic carbocycles. The Kier molecular flexibility index (Phi) is 13.1. The lowest BCUT2D eigenvalue weighted by molar-refractivity contribution is -0.130. The number of allylic oxidation sites excluding steroid dienone is 1. The molecule has 2 aromatic rings. The van der Waals surface area contributed by atoms with Crippen molar-refractivity contribution in [1.82, 2.24) is 14.5 Å². The van der Waals surface area contributed by atoms with Crippen molar-refractivity contribution in [2.75, 3.05) is 71.0 Å². The summed E-state index contributed by atoms with van der Waals surface area (Å²) >= 11 is 6.40. The minimum absolute atomic E-state index is 0.188. The zero-order chi connectivity index (χ0) is 37.8. The second-order valence-corrected chi connectivity index (χ2v) is 18.4. The lowest BCUT2D eigenvalue weighted by Gasteiger charge is -2.54.